The minimum atomic E-state index is -4.42. The van der Waals surface area contributed by atoms with Crippen molar-refractivity contribution < 1.29 is 18.3 Å². The van der Waals surface area contributed by atoms with Crippen LogP contribution in [0, 0.1) is 0 Å². The fraction of sp³-hybridized carbons (Fsp3) is 0.500. The summed E-state index contributed by atoms with van der Waals surface area (Å²) in [5, 5.41) is 13.5. The van der Waals surface area contributed by atoms with Crippen molar-refractivity contribution in [1.82, 2.24) is 5.32 Å². The third-order valence-corrected chi connectivity index (χ3v) is 3.54. The molecule has 0 saturated carbocycles. The van der Waals surface area contributed by atoms with E-state index in [1.165, 1.54) is 6.07 Å². The van der Waals surface area contributed by atoms with E-state index < -0.39 is 17.3 Å². The fourth-order valence-electron chi connectivity index (χ4n) is 2.18. The summed E-state index contributed by atoms with van der Waals surface area (Å²) in [6, 6.07) is 3.11. The molecular formula is C12H13ClF3NO. The van der Waals surface area contributed by atoms with Gasteiger partial charge in [-0.1, -0.05) is 17.7 Å². The third kappa shape index (κ3) is 2.63. The van der Waals surface area contributed by atoms with Crippen LogP contribution < -0.4 is 5.32 Å². The number of alkyl halides is 3. The standard InChI is InChI=1S/C12H13ClF3NO/c13-10-7-8(12(14,15)16)1-2-9(10)11(18)3-5-17-6-4-11/h1-2,7,17-18H,3-6H2. The molecule has 0 bridgehead atoms. The molecule has 100 valence electrons. The zero-order valence-electron chi connectivity index (χ0n) is 9.52. The Morgan fingerprint density at radius 3 is 2.33 bits per heavy atom. The van der Waals surface area contributed by atoms with Crippen LogP contribution in [-0.2, 0) is 11.8 Å². The van der Waals surface area contributed by atoms with Gasteiger partial charge in [-0.25, -0.2) is 0 Å². The van der Waals surface area contributed by atoms with Crippen LogP contribution >= 0.6 is 11.6 Å². The monoisotopic (exact) mass is 279 g/mol. The molecule has 0 aromatic heterocycles. The highest BCUT2D eigenvalue weighted by Crippen LogP contribution is 2.38. The van der Waals surface area contributed by atoms with Gasteiger partial charge < -0.3 is 10.4 Å². The van der Waals surface area contributed by atoms with Gasteiger partial charge in [0.05, 0.1) is 11.2 Å². The van der Waals surface area contributed by atoms with Crippen molar-refractivity contribution in [3.05, 3.63) is 34.3 Å². The molecule has 0 spiro atoms. The maximum absolute atomic E-state index is 12.5. The molecular weight excluding hydrogens is 267 g/mol. The quantitative estimate of drug-likeness (QED) is 0.828. The molecule has 1 aromatic carbocycles. The first kappa shape index (κ1) is 13.6. The third-order valence-electron chi connectivity index (χ3n) is 3.23. The molecule has 0 amide bonds. The van der Waals surface area contributed by atoms with Gasteiger partial charge in [0.2, 0.25) is 0 Å². The second kappa shape index (κ2) is 4.72. The van der Waals surface area contributed by atoms with Gasteiger partial charge in [0.1, 0.15) is 0 Å². The average molecular weight is 280 g/mol. The molecule has 18 heavy (non-hydrogen) atoms. The van der Waals surface area contributed by atoms with Gasteiger partial charge in [-0.2, -0.15) is 13.2 Å². The first-order valence-corrected chi connectivity index (χ1v) is 6.01. The maximum Gasteiger partial charge on any atom is 0.416 e. The molecule has 1 aliphatic rings. The highest BCUT2D eigenvalue weighted by Gasteiger charge is 2.36. The number of rotatable bonds is 1. The lowest BCUT2D eigenvalue weighted by atomic mass is 9.84. The summed E-state index contributed by atoms with van der Waals surface area (Å²) in [6.07, 6.45) is -3.53. The normalized spacial score (nSPS) is 19.8. The number of nitrogens with one attached hydrogen (secondary N) is 1. The molecule has 1 aromatic rings. The van der Waals surface area contributed by atoms with Crippen molar-refractivity contribution in [3.63, 3.8) is 0 Å². The predicted octanol–water partition coefficient (Wildman–Crippen LogP) is 2.93. The van der Waals surface area contributed by atoms with Crippen LogP contribution in [0.4, 0.5) is 13.2 Å². The van der Waals surface area contributed by atoms with Gasteiger partial charge in [-0.05, 0) is 38.1 Å². The van der Waals surface area contributed by atoms with E-state index in [4.69, 9.17) is 11.6 Å². The van der Waals surface area contributed by atoms with Gasteiger partial charge >= 0.3 is 6.18 Å². The number of aliphatic hydroxyl groups is 1. The molecule has 0 unspecified atom stereocenters. The molecule has 0 radical (unpaired) electrons. The lowest BCUT2D eigenvalue weighted by molar-refractivity contribution is -0.137. The van der Waals surface area contributed by atoms with Crippen molar-refractivity contribution >= 4 is 11.6 Å². The van der Waals surface area contributed by atoms with Crippen LogP contribution in [0.5, 0.6) is 0 Å². The van der Waals surface area contributed by atoms with Crippen molar-refractivity contribution in [3.8, 4) is 0 Å². The van der Waals surface area contributed by atoms with E-state index in [0.717, 1.165) is 12.1 Å². The first-order chi connectivity index (χ1) is 8.33. The Morgan fingerprint density at radius 1 is 1.22 bits per heavy atom. The highest BCUT2D eigenvalue weighted by atomic mass is 35.5. The molecule has 1 aliphatic heterocycles. The summed E-state index contributed by atoms with van der Waals surface area (Å²) in [5.74, 6) is 0. The Balaban J connectivity index is 2.35. The van der Waals surface area contributed by atoms with E-state index in [-0.39, 0.29) is 5.02 Å². The van der Waals surface area contributed by atoms with Gasteiger partial charge in [0.15, 0.2) is 0 Å². The predicted molar refractivity (Wildman–Crippen MR) is 62.5 cm³/mol. The van der Waals surface area contributed by atoms with Crippen LogP contribution in [0.2, 0.25) is 5.02 Å². The zero-order valence-corrected chi connectivity index (χ0v) is 10.3. The van der Waals surface area contributed by atoms with Crippen LogP contribution in [0.3, 0.4) is 0 Å². The van der Waals surface area contributed by atoms with Crippen LogP contribution in [0.15, 0.2) is 18.2 Å². The summed E-state index contributed by atoms with van der Waals surface area (Å²) < 4.78 is 37.5. The minimum absolute atomic E-state index is 0.0331. The first-order valence-electron chi connectivity index (χ1n) is 5.63. The van der Waals surface area contributed by atoms with Crippen LogP contribution in [0.25, 0.3) is 0 Å². The second-order valence-electron chi connectivity index (χ2n) is 4.47. The SMILES string of the molecule is OC1(c2ccc(C(F)(F)F)cc2Cl)CCNCC1. The molecule has 0 aliphatic carbocycles. The van der Waals surface area contributed by atoms with Crippen LogP contribution in [-0.4, -0.2) is 18.2 Å². The van der Waals surface area contributed by atoms with E-state index >= 15 is 0 Å². The van der Waals surface area contributed by atoms with Crippen molar-refractivity contribution in [2.45, 2.75) is 24.6 Å². The number of benzene rings is 1. The maximum atomic E-state index is 12.5. The Labute approximate surface area is 108 Å². The Bertz CT molecular complexity index is 441. The van der Waals surface area contributed by atoms with E-state index in [1.807, 2.05) is 0 Å². The van der Waals surface area contributed by atoms with E-state index in [0.29, 0.717) is 31.5 Å². The fourth-order valence-corrected chi connectivity index (χ4v) is 2.53. The Kier molecular flexibility index (Phi) is 3.58. The highest BCUT2D eigenvalue weighted by molar-refractivity contribution is 6.31. The molecule has 2 rings (SSSR count). The van der Waals surface area contributed by atoms with Crippen molar-refractivity contribution in [2.75, 3.05) is 13.1 Å². The molecule has 1 fully saturated rings. The van der Waals surface area contributed by atoms with E-state index in [2.05, 4.69) is 5.32 Å². The number of hydrogen-bond donors (Lipinski definition) is 2. The molecule has 6 heteroatoms. The molecule has 2 nitrogen and oxygen atoms in total. The smallest absolute Gasteiger partial charge is 0.385 e. The van der Waals surface area contributed by atoms with Gasteiger partial charge in [0, 0.05) is 10.6 Å². The van der Waals surface area contributed by atoms with Crippen LogP contribution in [0.1, 0.15) is 24.0 Å². The molecule has 1 saturated heterocycles. The summed E-state index contributed by atoms with van der Waals surface area (Å²) >= 11 is 5.88. The Hall–Kier alpha value is -0.780. The summed E-state index contributed by atoms with van der Waals surface area (Å²) in [6.45, 7) is 1.24. The molecule has 1 heterocycles. The van der Waals surface area contributed by atoms with Gasteiger partial charge in [0.25, 0.3) is 0 Å². The largest absolute Gasteiger partial charge is 0.416 e. The minimum Gasteiger partial charge on any atom is -0.385 e. The lowest BCUT2D eigenvalue weighted by Gasteiger charge is -2.33. The number of halogens is 4. The Morgan fingerprint density at radius 2 is 1.83 bits per heavy atom. The van der Waals surface area contributed by atoms with Crippen molar-refractivity contribution in [1.29, 1.82) is 0 Å². The summed E-state index contributed by atoms with van der Waals surface area (Å²) in [4.78, 5) is 0. The number of piperidine rings is 1. The molecule has 0 atom stereocenters. The number of hydrogen-bond acceptors (Lipinski definition) is 2. The van der Waals surface area contributed by atoms with E-state index in [1.54, 1.807) is 0 Å². The van der Waals surface area contributed by atoms with E-state index in [9.17, 15) is 18.3 Å². The molecule has 2 N–H and O–H groups in total. The summed E-state index contributed by atoms with van der Waals surface area (Å²) in [7, 11) is 0. The lowest BCUT2D eigenvalue weighted by Crippen LogP contribution is -2.39. The van der Waals surface area contributed by atoms with Crippen molar-refractivity contribution in [2.24, 2.45) is 0 Å². The average Bonchev–Trinajstić information content (AvgIpc) is 2.28. The second-order valence-corrected chi connectivity index (χ2v) is 4.88. The zero-order chi connectivity index (χ0) is 13.4. The topological polar surface area (TPSA) is 32.3 Å². The van der Waals surface area contributed by atoms with Gasteiger partial charge in [-0.15, -0.1) is 0 Å². The summed E-state index contributed by atoms with van der Waals surface area (Å²) in [5.41, 5.74) is -1.56. The van der Waals surface area contributed by atoms with Gasteiger partial charge in [-0.3, -0.25) is 0 Å².